The highest BCUT2D eigenvalue weighted by Gasteiger charge is 2.34. The molecular formula is C27H50. The number of hydrogen-bond acceptors (Lipinski definition) is 0. The average molecular weight is 375 g/mol. The van der Waals surface area contributed by atoms with E-state index in [1.807, 2.05) is 0 Å². The monoisotopic (exact) mass is 374 g/mol. The highest BCUT2D eigenvalue weighted by molar-refractivity contribution is 4.85. The lowest BCUT2D eigenvalue weighted by Gasteiger charge is -2.41. The molecule has 3 aliphatic rings. The van der Waals surface area contributed by atoms with Crippen LogP contribution in [0.15, 0.2) is 0 Å². The summed E-state index contributed by atoms with van der Waals surface area (Å²) in [6, 6.07) is 0. The molecule has 0 bridgehead atoms. The second-order valence-corrected chi connectivity index (χ2v) is 11.5. The molecule has 0 nitrogen and oxygen atoms in total. The molecule has 0 heteroatoms. The molecule has 0 N–H and O–H groups in total. The van der Waals surface area contributed by atoms with Gasteiger partial charge in [-0.05, 0) is 73.5 Å². The minimum atomic E-state index is 0.941. The van der Waals surface area contributed by atoms with Gasteiger partial charge in [0.15, 0.2) is 0 Å². The van der Waals surface area contributed by atoms with Gasteiger partial charge < -0.3 is 0 Å². The Morgan fingerprint density at radius 1 is 0.333 bits per heavy atom. The maximum Gasteiger partial charge on any atom is -0.0383 e. The van der Waals surface area contributed by atoms with Crippen LogP contribution in [0.1, 0.15) is 130 Å². The first-order valence-corrected chi connectivity index (χ1v) is 13.1. The maximum atomic E-state index is 2.54. The quantitative estimate of drug-likeness (QED) is 0.429. The third-order valence-electron chi connectivity index (χ3n) is 8.90. The largest absolute Gasteiger partial charge is 0.0625 e. The topological polar surface area (TPSA) is 0 Å². The van der Waals surface area contributed by atoms with E-state index < -0.39 is 0 Å². The summed E-state index contributed by atoms with van der Waals surface area (Å²) in [6.07, 6.45) is 26.0. The molecule has 6 unspecified atom stereocenters. The summed E-state index contributed by atoms with van der Waals surface area (Å²) in [5.74, 6) is 7.21. The summed E-state index contributed by atoms with van der Waals surface area (Å²) in [6.45, 7) is 7.58. The molecule has 0 aromatic rings. The highest BCUT2D eigenvalue weighted by atomic mass is 14.4. The normalized spacial score (nSPS) is 41.4. The minimum absolute atomic E-state index is 0.941. The van der Waals surface area contributed by atoms with Crippen molar-refractivity contribution in [3.63, 3.8) is 0 Å². The van der Waals surface area contributed by atoms with E-state index in [1.165, 1.54) is 64.2 Å². The van der Waals surface area contributed by atoms with Crippen LogP contribution >= 0.6 is 0 Å². The van der Waals surface area contributed by atoms with Crippen LogP contribution in [0, 0.1) is 41.4 Å². The number of hydrogen-bond donors (Lipinski definition) is 0. The van der Waals surface area contributed by atoms with Crippen molar-refractivity contribution in [2.45, 2.75) is 130 Å². The molecule has 0 aliphatic heterocycles. The zero-order valence-corrected chi connectivity index (χ0v) is 19.1. The van der Waals surface area contributed by atoms with Gasteiger partial charge in [0.25, 0.3) is 0 Å². The van der Waals surface area contributed by atoms with Crippen LogP contribution in [0.2, 0.25) is 0 Å². The highest BCUT2D eigenvalue weighted by Crippen LogP contribution is 2.45. The average Bonchev–Trinajstić information content (AvgIpc) is 2.66. The van der Waals surface area contributed by atoms with Gasteiger partial charge in [-0.2, -0.15) is 0 Å². The van der Waals surface area contributed by atoms with E-state index in [1.54, 1.807) is 44.9 Å². The van der Waals surface area contributed by atoms with Crippen LogP contribution < -0.4 is 0 Å². The third-order valence-corrected chi connectivity index (χ3v) is 8.90. The molecule has 0 aromatic carbocycles. The summed E-state index contributed by atoms with van der Waals surface area (Å²) in [5, 5.41) is 0. The summed E-state index contributed by atoms with van der Waals surface area (Å²) < 4.78 is 0. The molecule has 0 amide bonds. The van der Waals surface area contributed by atoms with E-state index in [4.69, 9.17) is 0 Å². The molecule has 3 aliphatic carbocycles. The standard InChI is InChI=1S/C27H50/c1-21-10-7-8-14-25-16-17-27(24-12-5-4-6-13-24)20-26(25)15-9-11-22(2)19-23(3)18-21/h21-27H,4-20H2,1-3H3. The van der Waals surface area contributed by atoms with Crippen molar-refractivity contribution in [1.82, 2.24) is 0 Å². The second kappa shape index (κ2) is 11.3. The van der Waals surface area contributed by atoms with Gasteiger partial charge in [0.05, 0.1) is 0 Å². The summed E-state index contributed by atoms with van der Waals surface area (Å²) in [7, 11) is 0. The lowest BCUT2D eigenvalue weighted by molar-refractivity contribution is 0.0995. The Morgan fingerprint density at radius 3 is 1.48 bits per heavy atom. The maximum absolute atomic E-state index is 2.54. The van der Waals surface area contributed by atoms with Gasteiger partial charge in [-0.3, -0.25) is 0 Å². The molecule has 6 atom stereocenters. The molecule has 0 aromatic heterocycles. The Labute approximate surface area is 171 Å². The van der Waals surface area contributed by atoms with Crippen molar-refractivity contribution < 1.29 is 0 Å². The number of rotatable bonds is 1. The van der Waals surface area contributed by atoms with Crippen molar-refractivity contribution in [3.8, 4) is 0 Å². The first-order chi connectivity index (χ1) is 13.1. The summed E-state index contributed by atoms with van der Waals surface area (Å²) >= 11 is 0. The minimum Gasteiger partial charge on any atom is -0.0625 e. The fourth-order valence-corrected chi connectivity index (χ4v) is 7.46. The molecule has 0 radical (unpaired) electrons. The van der Waals surface area contributed by atoms with Crippen molar-refractivity contribution in [3.05, 3.63) is 0 Å². The Bertz CT molecular complexity index is 393. The van der Waals surface area contributed by atoms with Crippen LogP contribution in [0.25, 0.3) is 0 Å². The molecule has 3 saturated carbocycles. The van der Waals surface area contributed by atoms with Crippen molar-refractivity contribution in [1.29, 1.82) is 0 Å². The van der Waals surface area contributed by atoms with E-state index in [2.05, 4.69) is 20.8 Å². The van der Waals surface area contributed by atoms with E-state index in [0.29, 0.717) is 0 Å². The van der Waals surface area contributed by atoms with Crippen LogP contribution in [0.3, 0.4) is 0 Å². The zero-order valence-electron chi connectivity index (χ0n) is 19.1. The lowest BCUT2D eigenvalue weighted by atomic mass is 9.64. The molecule has 0 heterocycles. The van der Waals surface area contributed by atoms with Crippen LogP contribution in [-0.4, -0.2) is 0 Å². The van der Waals surface area contributed by atoms with Crippen LogP contribution in [0.5, 0.6) is 0 Å². The van der Waals surface area contributed by atoms with Gasteiger partial charge in [-0.25, -0.2) is 0 Å². The van der Waals surface area contributed by atoms with Gasteiger partial charge in [0.1, 0.15) is 0 Å². The first-order valence-electron chi connectivity index (χ1n) is 13.1. The van der Waals surface area contributed by atoms with Crippen molar-refractivity contribution >= 4 is 0 Å². The molecule has 158 valence electrons. The summed E-state index contributed by atoms with van der Waals surface area (Å²) in [4.78, 5) is 0. The van der Waals surface area contributed by atoms with E-state index in [9.17, 15) is 0 Å². The number of fused-ring (bicyclic) bond motifs is 1. The fraction of sp³-hybridized carbons (Fsp3) is 1.00. The molecule has 27 heavy (non-hydrogen) atoms. The van der Waals surface area contributed by atoms with E-state index in [-0.39, 0.29) is 0 Å². The Kier molecular flexibility index (Phi) is 9.05. The third kappa shape index (κ3) is 7.08. The van der Waals surface area contributed by atoms with Crippen molar-refractivity contribution in [2.75, 3.05) is 0 Å². The smallest absolute Gasteiger partial charge is 0.0383 e. The predicted molar refractivity (Wildman–Crippen MR) is 120 cm³/mol. The zero-order chi connectivity index (χ0) is 19.1. The lowest BCUT2D eigenvalue weighted by Crippen LogP contribution is -2.30. The molecule has 3 fully saturated rings. The van der Waals surface area contributed by atoms with Crippen molar-refractivity contribution in [2.24, 2.45) is 41.4 Å². The predicted octanol–water partition coefficient (Wildman–Crippen LogP) is 9.03. The fourth-order valence-electron chi connectivity index (χ4n) is 7.46. The Hall–Kier alpha value is 0. The van der Waals surface area contributed by atoms with Gasteiger partial charge in [0, 0.05) is 0 Å². The van der Waals surface area contributed by atoms with Gasteiger partial charge in [-0.1, -0.05) is 97.8 Å². The Balaban J connectivity index is 1.56. The van der Waals surface area contributed by atoms with Crippen LogP contribution in [-0.2, 0) is 0 Å². The van der Waals surface area contributed by atoms with Gasteiger partial charge in [-0.15, -0.1) is 0 Å². The molecular weight excluding hydrogens is 324 g/mol. The first kappa shape index (κ1) is 21.7. The van der Waals surface area contributed by atoms with Gasteiger partial charge >= 0.3 is 0 Å². The van der Waals surface area contributed by atoms with Gasteiger partial charge in [0.2, 0.25) is 0 Å². The molecule has 0 saturated heterocycles. The SMILES string of the molecule is CC1CCCCC2CCC(C3CCCCC3)CC2CCCC(C)CC(C)C1. The summed E-state index contributed by atoms with van der Waals surface area (Å²) in [5.41, 5.74) is 0. The molecule has 0 spiro atoms. The van der Waals surface area contributed by atoms with Crippen LogP contribution in [0.4, 0.5) is 0 Å². The van der Waals surface area contributed by atoms with E-state index >= 15 is 0 Å². The molecule has 3 rings (SSSR count). The Morgan fingerprint density at radius 2 is 0.778 bits per heavy atom. The second-order valence-electron chi connectivity index (χ2n) is 11.5. The van der Waals surface area contributed by atoms with E-state index in [0.717, 1.165) is 41.4 Å².